The minimum Gasteiger partial charge on any atom is -0.296 e. The Bertz CT molecular complexity index is 509. The predicted octanol–water partition coefficient (Wildman–Crippen LogP) is 4.54. The first-order valence-corrected chi connectivity index (χ1v) is 8.63. The second kappa shape index (κ2) is 9.59. The SMILES string of the molecule is CN(SC(Cl)(Cl)Cl)C(=O)ON=C(SCCC#N)C(C)(C)C#N. The molecular formula is C11H13Cl3N4O2S2. The zero-order chi connectivity index (χ0) is 17.4. The smallest absolute Gasteiger partial charge is 0.296 e. The Hall–Kier alpha value is -0.510. The molecule has 1 amide bonds. The van der Waals surface area contributed by atoms with Crippen molar-refractivity contribution >= 4 is 69.6 Å². The van der Waals surface area contributed by atoms with Crippen LogP contribution in [0.1, 0.15) is 20.3 Å². The first-order valence-electron chi connectivity index (χ1n) is 5.73. The third-order valence-electron chi connectivity index (χ3n) is 1.97. The summed E-state index contributed by atoms with van der Waals surface area (Å²) in [6, 6.07) is 4.03. The molecule has 0 atom stereocenters. The number of alkyl halides is 3. The monoisotopic (exact) mass is 402 g/mol. The fourth-order valence-electron chi connectivity index (χ4n) is 0.893. The molecule has 11 heteroatoms. The van der Waals surface area contributed by atoms with E-state index >= 15 is 0 Å². The number of carbonyl (C=O) groups is 1. The molecule has 0 aliphatic carbocycles. The standard InChI is InChI=1S/C11H13Cl3N4O2S2/c1-10(2,7-16)8(21-6-4-5-15)17-20-9(19)18(3)22-11(12,13)14/h4,6H2,1-3H3. The van der Waals surface area contributed by atoms with Crippen molar-refractivity contribution in [3.05, 3.63) is 0 Å². The lowest BCUT2D eigenvalue weighted by Gasteiger charge is -2.19. The van der Waals surface area contributed by atoms with Gasteiger partial charge < -0.3 is 0 Å². The van der Waals surface area contributed by atoms with E-state index < -0.39 is 14.6 Å². The van der Waals surface area contributed by atoms with E-state index in [9.17, 15) is 4.79 Å². The zero-order valence-corrected chi connectivity index (χ0v) is 15.9. The summed E-state index contributed by atoms with van der Waals surface area (Å²) in [6.45, 7) is 3.25. The fraction of sp³-hybridized carbons (Fsp3) is 0.636. The summed E-state index contributed by atoms with van der Waals surface area (Å²) >= 11 is 18.4. The van der Waals surface area contributed by atoms with Crippen molar-refractivity contribution in [3.63, 3.8) is 0 Å². The maximum absolute atomic E-state index is 11.7. The molecule has 122 valence electrons. The van der Waals surface area contributed by atoms with Crippen molar-refractivity contribution in [1.82, 2.24) is 4.31 Å². The van der Waals surface area contributed by atoms with Gasteiger partial charge in [0.25, 0.3) is 3.12 Å². The van der Waals surface area contributed by atoms with E-state index in [1.54, 1.807) is 13.8 Å². The molecule has 0 saturated carbocycles. The number of thioether (sulfide) groups is 1. The highest BCUT2D eigenvalue weighted by Crippen LogP contribution is 2.40. The Labute approximate surface area is 152 Å². The molecule has 6 nitrogen and oxygen atoms in total. The molecule has 0 spiro atoms. The molecule has 0 radical (unpaired) electrons. The molecule has 0 unspecified atom stereocenters. The van der Waals surface area contributed by atoms with Crippen LogP contribution in [0.25, 0.3) is 0 Å². The summed E-state index contributed by atoms with van der Waals surface area (Å²) in [5.41, 5.74) is -0.957. The van der Waals surface area contributed by atoms with E-state index in [4.69, 9.17) is 50.2 Å². The summed E-state index contributed by atoms with van der Waals surface area (Å²) < 4.78 is -0.749. The quantitative estimate of drug-likeness (QED) is 0.127. The zero-order valence-electron chi connectivity index (χ0n) is 12.0. The third-order valence-corrected chi connectivity index (χ3v) is 4.49. The van der Waals surface area contributed by atoms with Gasteiger partial charge in [0.05, 0.1) is 12.1 Å². The van der Waals surface area contributed by atoms with Gasteiger partial charge in [-0.15, -0.1) is 11.8 Å². The first kappa shape index (κ1) is 21.5. The average Bonchev–Trinajstić information content (AvgIpc) is 2.40. The highest BCUT2D eigenvalue weighted by Gasteiger charge is 2.29. The Kier molecular flexibility index (Phi) is 9.37. The van der Waals surface area contributed by atoms with Crippen molar-refractivity contribution in [2.45, 2.75) is 23.4 Å². The maximum Gasteiger partial charge on any atom is 0.445 e. The molecular weight excluding hydrogens is 391 g/mol. The Morgan fingerprint density at radius 3 is 2.41 bits per heavy atom. The number of carbonyl (C=O) groups excluding carboxylic acids is 1. The van der Waals surface area contributed by atoms with E-state index in [-0.39, 0.29) is 11.5 Å². The average molecular weight is 404 g/mol. The van der Waals surface area contributed by atoms with Crippen molar-refractivity contribution in [2.75, 3.05) is 12.8 Å². The van der Waals surface area contributed by atoms with Crippen LogP contribution < -0.4 is 0 Å². The van der Waals surface area contributed by atoms with Crippen molar-refractivity contribution < 1.29 is 9.63 Å². The second-order valence-corrected chi connectivity index (χ2v) is 9.66. The van der Waals surface area contributed by atoms with Crippen molar-refractivity contribution in [1.29, 1.82) is 10.5 Å². The van der Waals surface area contributed by atoms with Crippen molar-refractivity contribution in [2.24, 2.45) is 10.6 Å². The van der Waals surface area contributed by atoms with Gasteiger partial charge in [-0.2, -0.15) is 10.5 Å². The summed E-state index contributed by atoms with van der Waals surface area (Å²) in [4.78, 5) is 16.5. The molecule has 0 aromatic rings. The fourth-order valence-corrected chi connectivity index (χ4v) is 3.13. The number of rotatable bonds is 5. The maximum atomic E-state index is 11.7. The van der Waals surface area contributed by atoms with Crippen LogP contribution in [0.15, 0.2) is 5.16 Å². The Morgan fingerprint density at radius 2 is 1.95 bits per heavy atom. The van der Waals surface area contributed by atoms with Gasteiger partial charge in [-0.25, -0.2) is 9.10 Å². The van der Waals surface area contributed by atoms with Gasteiger partial charge in [-0.05, 0) is 13.8 Å². The lowest BCUT2D eigenvalue weighted by atomic mass is 9.98. The van der Waals surface area contributed by atoms with Gasteiger partial charge in [0, 0.05) is 31.2 Å². The van der Waals surface area contributed by atoms with Crippen molar-refractivity contribution in [3.8, 4) is 12.1 Å². The molecule has 0 aliphatic heterocycles. The summed E-state index contributed by atoms with van der Waals surface area (Å²) in [5.74, 6) is 0.427. The molecule has 0 N–H and O–H groups in total. The molecule has 0 rings (SSSR count). The van der Waals surface area contributed by atoms with Gasteiger partial charge >= 0.3 is 6.09 Å². The number of nitrogens with zero attached hydrogens (tertiary/aromatic N) is 4. The van der Waals surface area contributed by atoms with Gasteiger partial charge in [0.2, 0.25) is 0 Å². The minimum absolute atomic E-state index is 0.280. The van der Waals surface area contributed by atoms with E-state index in [0.717, 1.165) is 4.31 Å². The lowest BCUT2D eigenvalue weighted by molar-refractivity contribution is 0.136. The van der Waals surface area contributed by atoms with E-state index in [0.29, 0.717) is 17.7 Å². The molecule has 0 aromatic heterocycles. The van der Waals surface area contributed by atoms with Crippen LogP contribution in [-0.2, 0) is 4.84 Å². The van der Waals surface area contributed by atoms with E-state index in [1.807, 2.05) is 6.07 Å². The first-order chi connectivity index (χ1) is 10.0. The normalized spacial score (nSPS) is 12.3. The number of halogens is 3. The van der Waals surface area contributed by atoms with Crippen LogP contribution >= 0.6 is 58.5 Å². The largest absolute Gasteiger partial charge is 0.445 e. The topological polar surface area (TPSA) is 89.5 Å². The van der Waals surface area contributed by atoms with Gasteiger partial charge in [0.1, 0.15) is 10.5 Å². The highest BCUT2D eigenvalue weighted by atomic mass is 35.6. The Balaban J connectivity index is 4.89. The lowest BCUT2D eigenvalue weighted by Crippen LogP contribution is -2.25. The summed E-state index contributed by atoms with van der Waals surface area (Å²) in [7, 11) is 1.35. The van der Waals surface area contributed by atoms with Gasteiger partial charge in [0.15, 0.2) is 0 Å². The number of amides is 1. The van der Waals surface area contributed by atoms with Crippen LogP contribution in [0.2, 0.25) is 0 Å². The van der Waals surface area contributed by atoms with Crippen LogP contribution in [-0.4, -0.2) is 31.4 Å². The molecule has 0 aliphatic rings. The minimum atomic E-state index is -1.71. The van der Waals surface area contributed by atoms with Gasteiger partial charge in [-0.3, -0.25) is 4.84 Å². The van der Waals surface area contributed by atoms with Gasteiger partial charge in [-0.1, -0.05) is 40.0 Å². The number of nitriles is 2. The summed E-state index contributed by atoms with van der Waals surface area (Å²) in [5, 5.41) is 21.7. The van der Waals surface area contributed by atoms with Crippen LogP contribution in [0, 0.1) is 28.1 Å². The van der Waals surface area contributed by atoms with Crippen LogP contribution in [0.3, 0.4) is 0 Å². The number of hydrogen-bond donors (Lipinski definition) is 0. The van der Waals surface area contributed by atoms with E-state index in [1.165, 1.54) is 18.8 Å². The predicted molar refractivity (Wildman–Crippen MR) is 91.6 cm³/mol. The second-order valence-electron chi connectivity index (χ2n) is 4.28. The summed E-state index contributed by atoms with van der Waals surface area (Å²) in [6.07, 6.45) is -0.578. The molecule has 0 aromatic carbocycles. The molecule has 0 bridgehead atoms. The number of hydrogen-bond acceptors (Lipinski definition) is 7. The molecule has 22 heavy (non-hydrogen) atoms. The van der Waals surface area contributed by atoms with E-state index in [2.05, 4.69) is 11.2 Å². The molecule has 0 saturated heterocycles. The molecule has 0 fully saturated rings. The Morgan fingerprint density at radius 1 is 1.36 bits per heavy atom. The van der Waals surface area contributed by atoms with Crippen LogP contribution in [0.4, 0.5) is 4.79 Å². The molecule has 0 heterocycles. The third kappa shape index (κ3) is 8.82. The van der Waals surface area contributed by atoms with Crippen LogP contribution in [0.5, 0.6) is 0 Å². The highest BCUT2D eigenvalue weighted by molar-refractivity contribution is 8.14. The number of oxime groups is 1.